The van der Waals surface area contributed by atoms with Crippen molar-refractivity contribution in [2.75, 3.05) is 39.3 Å². The van der Waals surface area contributed by atoms with Gasteiger partial charge in [0.05, 0.1) is 13.1 Å². The van der Waals surface area contributed by atoms with Crippen molar-refractivity contribution < 1.29 is 14.7 Å². The molecule has 0 aromatic carbocycles. The predicted molar refractivity (Wildman–Crippen MR) is 67.2 cm³/mol. The molecule has 0 saturated heterocycles. The van der Waals surface area contributed by atoms with Gasteiger partial charge in [-0.3, -0.25) is 14.6 Å². The maximum absolute atomic E-state index is 10.7. The Balaban J connectivity index is 4.04. The van der Waals surface area contributed by atoms with Crippen LogP contribution in [0.4, 0.5) is 0 Å². The van der Waals surface area contributed by atoms with Gasteiger partial charge in [-0.1, -0.05) is 13.8 Å². The minimum atomic E-state index is -0.795. The standard InChI is InChI=1S/C12H24N2O3/c1-3-5-13(9-10-15)7-8-14(6-4-2)11-12(16)17/h10H,3-9,11H2,1-2H3,(H,16,17). The molecule has 0 unspecified atom stereocenters. The first kappa shape index (κ1) is 16.1. The van der Waals surface area contributed by atoms with E-state index in [1.165, 1.54) is 0 Å². The molecular formula is C12H24N2O3. The Kier molecular flexibility index (Phi) is 9.66. The van der Waals surface area contributed by atoms with Gasteiger partial charge < -0.3 is 9.90 Å². The van der Waals surface area contributed by atoms with Crippen LogP contribution in [0.15, 0.2) is 0 Å². The van der Waals surface area contributed by atoms with E-state index < -0.39 is 5.97 Å². The first-order chi connectivity index (χ1) is 8.13. The van der Waals surface area contributed by atoms with Gasteiger partial charge in [0.1, 0.15) is 6.29 Å². The lowest BCUT2D eigenvalue weighted by molar-refractivity contribution is -0.138. The molecule has 1 N–H and O–H groups in total. The summed E-state index contributed by atoms with van der Waals surface area (Å²) in [6, 6.07) is 0. The van der Waals surface area contributed by atoms with Gasteiger partial charge in [-0.05, 0) is 25.9 Å². The third-order valence-electron chi connectivity index (χ3n) is 2.50. The molecular weight excluding hydrogens is 220 g/mol. The van der Waals surface area contributed by atoms with Gasteiger partial charge in [0.2, 0.25) is 0 Å². The molecule has 0 atom stereocenters. The predicted octanol–water partition coefficient (Wildman–Crippen LogP) is 0.694. The van der Waals surface area contributed by atoms with Crippen molar-refractivity contribution >= 4 is 12.3 Å². The third kappa shape index (κ3) is 8.83. The Hall–Kier alpha value is -0.940. The first-order valence-corrected chi connectivity index (χ1v) is 6.24. The highest BCUT2D eigenvalue weighted by Gasteiger charge is 2.10. The van der Waals surface area contributed by atoms with E-state index in [0.717, 1.165) is 38.8 Å². The van der Waals surface area contributed by atoms with Crippen molar-refractivity contribution in [3.05, 3.63) is 0 Å². The molecule has 0 aliphatic carbocycles. The lowest BCUT2D eigenvalue weighted by Crippen LogP contribution is -2.39. The SMILES string of the molecule is CCCN(CC=O)CCN(CCC)CC(=O)O. The average Bonchev–Trinajstić information content (AvgIpc) is 2.26. The lowest BCUT2D eigenvalue weighted by atomic mass is 10.3. The molecule has 5 nitrogen and oxygen atoms in total. The molecule has 0 amide bonds. The molecule has 5 heteroatoms. The smallest absolute Gasteiger partial charge is 0.317 e. The molecule has 0 aromatic rings. The van der Waals surface area contributed by atoms with Gasteiger partial charge in [0.15, 0.2) is 0 Å². The topological polar surface area (TPSA) is 60.9 Å². The largest absolute Gasteiger partial charge is 0.480 e. The fourth-order valence-electron chi connectivity index (χ4n) is 1.78. The maximum Gasteiger partial charge on any atom is 0.317 e. The number of hydrogen-bond donors (Lipinski definition) is 1. The first-order valence-electron chi connectivity index (χ1n) is 6.24. The lowest BCUT2D eigenvalue weighted by Gasteiger charge is -2.24. The van der Waals surface area contributed by atoms with Crippen molar-refractivity contribution in [2.24, 2.45) is 0 Å². The van der Waals surface area contributed by atoms with Gasteiger partial charge in [-0.25, -0.2) is 0 Å². The van der Waals surface area contributed by atoms with Crippen molar-refractivity contribution in [3.63, 3.8) is 0 Å². The summed E-state index contributed by atoms with van der Waals surface area (Å²) in [5.74, 6) is -0.795. The van der Waals surface area contributed by atoms with Crippen LogP contribution in [0.1, 0.15) is 26.7 Å². The van der Waals surface area contributed by atoms with E-state index in [-0.39, 0.29) is 6.54 Å². The van der Waals surface area contributed by atoms with Crippen molar-refractivity contribution in [1.82, 2.24) is 9.80 Å². The van der Waals surface area contributed by atoms with Crippen molar-refractivity contribution in [1.29, 1.82) is 0 Å². The number of aliphatic carboxylic acids is 1. The zero-order valence-electron chi connectivity index (χ0n) is 10.9. The van der Waals surface area contributed by atoms with Crippen LogP contribution < -0.4 is 0 Å². The third-order valence-corrected chi connectivity index (χ3v) is 2.50. The molecule has 0 spiro atoms. The Morgan fingerprint density at radius 2 is 1.59 bits per heavy atom. The molecule has 0 aliphatic rings. The van der Waals surface area contributed by atoms with Crippen LogP contribution in [-0.2, 0) is 9.59 Å². The van der Waals surface area contributed by atoms with Gasteiger partial charge in [-0.15, -0.1) is 0 Å². The van der Waals surface area contributed by atoms with E-state index in [1.54, 1.807) is 0 Å². The van der Waals surface area contributed by atoms with Gasteiger partial charge in [0, 0.05) is 13.1 Å². The molecule has 0 aromatic heterocycles. The average molecular weight is 244 g/mol. The summed E-state index contributed by atoms with van der Waals surface area (Å²) in [7, 11) is 0. The summed E-state index contributed by atoms with van der Waals surface area (Å²) in [5, 5.41) is 8.77. The van der Waals surface area contributed by atoms with Crippen LogP contribution in [0.2, 0.25) is 0 Å². The van der Waals surface area contributed by atoms with Crippen LogP contribution in [0.3, 0.4) is 0 Å². The number of carbonyl (C=O) groups is 2. The van der Waals surface area contributed by atoms with Crippen LogP contribution in [0.25, 0.3) is 0 Å². The minimum absolute atomic E-state index is 0.0783. The zero-order chi connectivity index (χ0) is 13.1. The zero-order valence-corrected chi connectivity index (χ0v) is 10.9. The minimum Gasteiger partial charge on any atom is -0.480 e. The van der Waals surface area contributed by atoms with E-state index in [2.05, 4.69) is 11.8 Å². The van der Waals surface area contributed by atoms with Crippen LogP contribution >= 0.6 is 0 Å². The van der Waals surface area contributed by atoms with Crippen LogP contribution in [-0.4, -0.2) is 66.4 Å². The Labute approximate surface area is 103 Å². The fourth-order valence-corrected chi connectivity index (χ4v) is 1.78. The second-order valence-electron chi connectivity index (χ2n) is 4.14. The number of nitrogens with zero attached hydrogens (tertiary/aromatic N) is 2. The van der Waals surface area contributed by atoms with E-state index >= 15 is 0 Å². The summed E-state index contributed by atoms with van der Waals surface area (Å²) >= 11 is 0. The highest BCUT2D eigenvalue weighted by Crippen LogP contribution is 1.95. The number of aldehydes is 1. The molecule has 0 rings (SSSR count). The number of rotatable bonds is 11. The highest BCUT2D eigenvalue weighted by atomic mass is 16.4. The molecule has 0 radical (unpaired) electrons. The van der Waals surface area contributed by atoms with E-state index in [4.69, 9.17) is 5.11 Å². The molecule has 100 valence electrons. The maximum atomic E-state index is 10.7. The van der Waals surface area contributed by atoms with E-state index in [0.29, 0.717) is 13.1 Å². The number of carbonyl (C=O) groups excluding carboxylic acids is 1. The molecule has 0 fully saturated rings. The molecule has 0 bridgehead atoms. The Morgan fingerprint density at radius 3 is 2.06 bits per heavy atom. The van der Waals surface area contributed by atoms with Gasteiger partial charge >= 0.3 is 5.97 Å². The van der Waals surface area contributed by atoms with Crippen molar-refractivity contribution in [3.8, 4) is 0 Å². The highest BCUT2D eigenvalue weighted by molar-refractivity contribution is 5.69. The summed E-state index contributed by atoms with van der Waals surface area (Å²) in [5.41, 5.74) is 0. The van der Waals surface area contributed by atoms with Gasteiger partial charge in [0.25, 0.3) is 0 Å². The fraction of sp³-hybridized carbons (Fsp3) is 0.833. The quantitative estimate of drug-likeness (QED) is 0.542. The number of carboxylic acids is 1. The normalized spacial score (nSPS) is 11.1. The summed E-state index contributed by atoms with van der Waals surface area (Å²) in [6.45, 7) is 7.73. The summed E-state index contributed by atoms with van der Waals surface area (Å²) < 4.78 is 0. The Bertz CT molecular complexity index is 222. The van der Waals surface area contributed by atoms with E-state index in [1.807, 2.05) is 11.8 Å². The summed E-state index contributed by atoms with van der Waals surface area (Å²) in [4.78, 5) is 25.1. The number of carboxylic acid groups (broad SMARTS) is 1. The second kappa shape index (κ2) is 10.2. The van der Waals surface area contributed by atoms with E-state index in [9.17, 15) is 9.59 Å². The molecule has 0 heterocycles. The molecule has 0 aliphatic heterocycles. The molecule has 0 saturated carbocycles. The van der Waals surface area contributed by atoms with Crippen molar-refractivity contribution in [2.45, 2.75) is 26.7 Å². The van der Waals surface area contributed by atoms with Crippen LogP contribution in [0.5, 0.6) is 0 Å². The second-order valence-corrected chi connectivity index (χ2v) is 4.14. The van der Waals surface area contributed by atoms with Crippen LogP contribution in [0, 0.1) is 0 Å². The molecule has 17 heavy (non-hydrogen) atoms. The van der Waals surface area contributed by atoms with Gasteiger partial charge in [-0.2, -0.15) is 0 Å². The number of hydrogen-bond acceptors (Lipinski definition) is 4. The monoisotopic (exact) mass is 244 g/mol. The Morgan fingerprint density at radius 1 is 1.06 bits per heavy atom. The summed E-state index contributed by atoms with van der Waals surface area (Å²) in [6.07, 6.45) is 2.84.